The second kappa shape index (κ2) is 10.2. The lowest BCUT2D eigenvalue weighted by Gasteiger charge is -2.09. The number of thioether (sulfide) groups is 1. The van der Waals surface area contributed by atoms with E-state index in [1.807, 2.05) is 31.2 Å². The number of nitrogens with one attached hydrogen (secondary N) is 1. The molecule has 122 valence electrons. The fourth-order valence-electron chi connectivity index (χ4n) is 1.53. The van der Waals surface area contributed by atoms with Crippen LogP contribution in [-0.2, 0) is 0 Å². The Morgan fingerprint density at radius 2 is 1.91 bits per heavy atom. The second-order valence-electron chi connectivity index (χ2n) is 4.44. The van der Waals surface area contributed by atoms with Crippen molar-refractivity contribution in [2.45, 2.75) is 6.92 Å². The van der Waals surface area contributed by atoms with Crippen molar-refractivity contribution >= 4 is 17.4 Å². The fourth-order valence-corrected chi connectivity index (χ4v) is 2.11. The van der Waals surface area contributed by atoms with Crippen LogP contribution in [0.2, 0.25) is 0 Å². The Hall–Kier alpha value is -2.53. The molecule has 1 aromatic rings. The molecule has 0 aliphatic rings. The van der Waals surface area contributed by atoms with Crippen LogP contribution in [0.1, 0.15) is 6.92 Å². The van der Waals surface area contributed by atoms with Crippen molar-refractivity contribution in [1.82, 2.24) is 0 Å². The Morgan fingerprint density at radius 1 is 1.22 bits per heavy atom. The van der Waals surface area contributed by atoms with Crippen LogP contribution in [0.4, 0.5) is 5.69 Å². The lowest BCUT2D eigenvalue weighted by Crippen LogP contribution is -2.08. The molecule has 0 spiro atoms. The minimum absolute atomic E-state index is 0.485. The Morgan fingerprint density at radius 3 is 2.52 bits per heavy atom. The lowest BCUT2D eigenvalue weighted by molar-refractivity contribution is 0.340. The first-order chi connectivity index (χ1) is 11.1. The maximum absolute atomic E-state index is 5.90. The maximum Gasteiger partial charge on any atom is 0.119 e. The lowest BCUT2D eigenvalue weighted by atomic mass is 10.3. The van der Waals surface area contributed by atoms with Gasteiger partial charge in [0.15, 0.2) is 0 Å². The predicted octanol–water partition coefficient (Wildman–Crippen LogP) is 4.09. The zero-order valence-corrected chi connectivity index (χ0v) is 14.1. The molecule has 0 aromatic heterocycles. The minimum Gasteiger partial charge on any atom is -0.494 e. The van der Waals surface area contributed by atoms with Gasteiger partial charge in [-0.15, -0.1) is 0 Å². The fraction of sp³-hybridized carbons (Fsp3) is 0.111. The molecule has 0 aliphatic carbocycles. The molecule has 0 bridgehead atoms. The Labute approximate surface area is 142 Å². The summed E-state index contributed by atoms with van der Waals surface area (Å²) >= 11 is 1.37. The quantitative estimate of drug-likeness (QED) is 0.595. The molecule has 0 aliphatic heterocycles. The largest absolute Gasteiger partial charge is 0.494 e. The molecular formula is C18H23N3OS. The standard InChI is InChI=1S/C18H23N3OS/c1-4-6-7-8-17(19)18(20)13-23-14(3)21-15-9-11-16(12-10-15)22-5-2/h4,6-13,21H,1,3,5,19-20H2,2H3/b7-6-,17-8-,18-13-. The van der Waals surface area contributed by atoms with E-state index in [-0.39, 0.29) is 0 Å². The number of hydrogen-bond donors (Lipinski definition) is 3. The zero-order chi connectivity index (χ0) is 17.1. The van der Waals surface area contributed by atoms with Gasteiger partial charge in [-0.05, 0) is 37.3 Å². The number of allylic oxidation sites excluding steroid dienone is 4. The topological polar surface area (TPSA) is 73.3 Å². The molecule has 1 aromatic carbocycles. The van der Waals surface area contributed by atoms with Gasteiger partial charge in [-0.25, -0.2) is 0 Å². The second-order valence-corrected chi connectivity index (χ2v) is 5.40. The normalized spacial score (nSPS) is 12.2. The number of ether oxygens (including phenoxy) is 1. The van der Waals surface area contributed by atoms with Crippen molar-refractivity contribution in [3.8, 4) is 5.75 Å². The van der Waals surface area contributed by atoms with Gasteiger partial charge in [0.25, 0.3) is 0 Å². The summed E-state index contributed by atoms with van der Waals surface area (Å²) in [4.78, 5) is 0. The number of anilines is 1. The Balaban J connectivity index is 2.55. The highest BCUT2D eigenvalue weighted by atomic mass is 32.2. The third-order valence-corrected chi connectivity index (χ3v) is 3.39. The van der Waals surface area contributed by atoms with Gasteiger partial charge in [0.05, 0.1) is 23.0 Å². The minimum atomic E-state index is 0.485. The van der Waals surface area contributed by atoms with Crippen LogP contribution in [0.3, 0.4) is 0 Å². The van der Waals surface area contributed by atoms with Gasteiger partial charge < -0.3 is 21.5 Å². The van der Waals surface area contributed by atoms with Crippen molar-refractivity contribution in [2.75, 3.05) is 11.9 Å². The molecule has 4 nitrogen and oxygen atoms in total. The molecule has 0 fully saturated rings. The third kappa shape index (κ3) is 7.33. The van der Waals surface area contributed by atoms with Gasteiger partial charge >= 0.3 is 0 Å². The molecule has 0 amide bonds. The maximum atomic E-state index is 5.90. The van der Waals surface area contributed by atoms with Gasteiger partial charge in [0.1, 0.15) is 5.75 Å². The van der Waals surface area contributed by atoms with E-state index in [0.29, 0.717) is 18.0 Å². The number of benzene rings is 1. The molecule has 0 saturated heterocycles. The molecule has 0 radical (unpaired) electrons. The molecule has 0 unspecified atom stereocenters. The number of hydrogen-bond acceptors (Lipinski definition) is 5. The van der Waals surface area contributed by atoms with Crippen LogP contribution in [0.5, 0.6) is 5.75 Å². The Kier molecular flexibility index (Phi) is 8.24. The van der Waals surface area contributed by atoms with Gasteiger partial charge in [0.2, 0.25) is 0 Å². The first-order valence-corrected chi connectivity index (χ1v) is 8.01. The smallest absolute Gasteiger partial charge is 0.119 e. The van der Waals surface area contributed by atoms with Crippen LogP contribution >= 0.6 is 11.8 Å². The average molecular weight is 329 g/mol. The molecular weight excluding hydrogens is 306 g/mol. The van der Waals surface area contributed by atoms with Gasteiger partial charge in [-0.1, -0.05) is 43.1 Å². The van der Waals surface area contributed by atoms with Crippen molar-refractivity contribution in [3.63, 3.8) is 0 Å². The molecule has 0 atom stereocenters. The van der Waals surface area contributed by atoms with Crippen LogP contribution < -0.4 is 21.5 Å². The number of rotatable bonds is 9. The number of nitrogens with two attached hydrogens (primary N) is 2. The van der Waals surface area contributed by atoms with E-state index in [4.69, 9.17) is 16.2 Å². The van der Waals surface area contributed by atoms with E-state index in [1.54, 1.807) is 29.7 Å². The van der Waals surface area contributed by atoms with Gasteiger partial charge in [-0.3, -0.25) is 0 Å². The molecule has 5 N–H and O–H groups in total. The highest BCUT2D eigenvalue weighted by Gasteiger charge is 1.99. The van der Waals surface area contributed by atoms with Crippen LogP contribution in [-0.4, -0.2) is 6.61 Å². The summed E-state index contributed by atoms with van der Waals surface area (Å²) in [5.41, 5.74) is 13.6. The monoisotopic (exact) mass is 329 g/mol. The van der Waals surface area contributed by atoms with Crippen molar-refractivity contribution in [1.29, 1.82) is 0 Å². The van der Waals surface area contributed by atoms with E-state index in [1.165, 1.54) is 11.8 Å². The van der Waals surface area contributed by atoms with Gasteiger partial charge in [0, 0.05) is 11.1 Å². The molecule has 1 rings (SSSR count). The predicted molar refractivity (Wildman–Crippen MR) is 102 cm³/mol. The van der Waals surface area contributed by atoms with Crippen molar-refractivity contribution in [2.24, 2.45) is 11.5 Å². The van der Waals surface area contributed by atoms with E-state index < -0.39 is 0 Å². The van der Waals surface area contributed by atoms with Crippen molar-refractivity contribution in [3.05, 3.63) is 83.6 Å². The summed E-state index contributed by atoms with van der Waals surface area (Å²) in [6.45, 7) is 10.1. The zero-order valence-electron chi connectivity index (χ0n) is 13.3. The molecule has 0 heterocycles. The van der Waals surface area contributed by atoms with E-state index >= 15 is 0 Å². The summed E-state index contributed by atoms with van der Waals surface area (Å²) < 4.78 is 5.40. The van der Waals surface area contributed by atoms with Crippen LogP contribution in [0.25, 0.3) is 0 Å². The molecule has 5 heteroatoms. The SMILES string of the molecule is C=C\C=C/C=C(N)/C(N)=C/SC(=C)Nc1ccc(OCC)cc1. The Bertz CT molecular complexity index is 616. The summed E-state index contributed by atoms with van der Waals surface area (Å²) in [7, 11) is 0. The summed E-state index contributed by atoms with van der Waals surface area (Å²) in [6, 6.07) is 7.66. The first-order valence-electron chi connectivity index (χ1n) is 7.13. The summed E-state index contributed by atoms with van der Waals surface area (Å²) in [5.74, 6) is 0.839. The highest BCUT2D eigenvalue weighted by molar-refractivity contribution is 8.05. The van der Waals surface area contributed by atoms with E-state index in [2.05, 4.69) is 18.5 Å². The highest BCUT2D eigenvalue weighted by Crippen LogP contribution is 2.22. The average Bonchev–Trinajstić information content (AvgIpc) is 2.55. The molecule has 0 saturated carbocycles. The van der Waals surface area contributed by atoms with Crippen LogP contribution in [0, 0.1) is 0 Å². The van der Waals surface area contributed by atoms with Crippen molar-refractivity contribution < 1.29 is 4.74 Å². The van der Waals surface area contributed by atoms with E-state index in [0.717, 1.165) is 16.5 Å². The van der Waals surface area contributed by atoms with E-state index in [9.17, 15) is 0 Å². The summed E-state index contributed by atoms with van der Waals surface area (Å²) in [6.07, 6.45) is 6.94. The van der Waals surface area contributed by atoms with Crippen LogP contribution in [0.15, 0.2) is 83.6 Å². The first kappa shape index (κ1) is 18.5. The van der Waals surface area contributed by atoms with Gasteiger partial charge in [-0.2, -0.15) is 0 Å². The summed E-state index contributed by atoms with van der Waals surface area (Å²) in [5, 5.41) is 5.67. The molecule has 23 heavy (non-hydrogen) atoms. The third-order valence-electron chi connectivity index (χ3n) is 2.63.